The molecule has 46 heavy (non-hydrogen) atoms. The Labute approximate surface area is 269 Å². The first-order valence-electron chi connectivity index (χ1n) is 15.2. The van der Waals surface area contributed by atoms with Crippen LogP contribution < -0.4 is 0 Å². The van der Waals surface area contributed by atoms with E-state index in [-0.39, 0.29) is 50.7 Å². The van der Waals surface area contributed by atoms with Crippen LogP contribution in [0.2, 0.25) is 0 Å². The van der Waals surface area contributed by atoms with Crippen molar-refractivity contribution < 1.29 is 31.2 Å². The van der Waals surface area contributed by atoms with E-state index in [0.717, 1.165) is 6.26 Å². The number of alkyl halides is 2. The second-order valence-electron chi connectivity index (χ2n) is 12.6. The summed E-state index contributed by atoms with van der Waals surface area (Å²) in [5.41, 5.74) is 1.50. The van der Waals surface area contributed by atoms with Gasteiger partial charge in [0.05, 0.1) is 28.3 Å². The molecule has 0 radical (unpaired) electrons. The molecule has 1 saturated heterocycles. The molecule has 8 nitrogen and oxygen atoms in total. The van der Waals surface area contributed by atoms with E-state index in [1.807, 2.05) is 0 Å². The molecule has 0 bridgehead atoms. The van der Waals surface area contributed by atoms with Crippen molar-refractivity contribution in [2.24, 2.45) is 11.3 Å². The molecule has 3 aliphatic rings. The summed E-state index contributed by atoms with van der Waals surface area (Å²) >= 11 is 1.31. The predicted octanol–water partition coefficient (Wildman–Crippen LogP) is 6.12. The van der Waals surface area contributed by atoms with Gasteiger partial charge in [0.15, 0.2) is 0 Å². The average Bonchev–Trinajstić information content (AvgIpc) is 3.67. The number of rotatable bonds is 8. The van der Waals surface area contributed by atoms with Gasteiger partial charge in [0.1, 0.15) is 16.6 Å². The Morgan fingerprint density at radius 2 is 1.63 bits per heavy atom. The quantitative estimate of drug-likeness (QED) is 0.286. The number of nitriles is 1. The van der Waals surface area contributed by atoms with E-state index in [1.54, 1.807) is 41.3 Å². The maximum atomic E-state index is 14.8. The third kappa shape index (κ3) is 6.75. The summed E-state index contributed by atoms with van der Waals surface area (Å²) in [6.07, 6.45) is 1.29. The van der Waals surface area contributed by atoms with E-state index in [4.69, 9.17) is 4.98 Å². The van der Waals surface area contributed by atoms with Gasteiger partial charge < -0.3 is 4.90 Å². The van der Waals surface area contributed by atoms with E-state index in [2.05, 4.69) is 6.07 Å². The summed E-state index contributed by atoms with van der Waals surface area (Å²) in [4.78, 5) is 34.0. The van der Waals surface area contributed by atoms with Crippen molar-refractivity contribution in [2.45, 2.75) is 50.4 Å². The molecular formula is C33H33F3N4O4S2. The van der Waals surface area contributed by atoms with Crippen LogP contribution in [0.1, 0.15) is 60.5 Å². The number of piperazine rings is 1. The van der Waals surface area contributed by atoms with Crippen LogP contribution in [-0.4, -0.2) is 72.7 Å². The fourth-order valence-electron chi connectivity index (χ4n) is 6.42. The number of carbonyl (C=O) groups excluding carboxylic acids is 2. The Balaban J connectivity index is 1.32. The largest absolute Gasteiger partial charge is 0.336 e. The standard InChI is InChI=1S/C33H33F3N4O4S2/c1-46(43,44)40-16-14-39(15-17-40)31(42)23-4-2-21(3-5-23)29-28(38-30(45-29)22-6-8-24(34)9-7-22)25-10-11-33(35,36)18-26(25)27(41)19-32(20-37)12-13-32/h2-9,25-26H,10-19H2,1H3/t25-,26-/m1/s1. The van der Waals surface area contributed by atoms with Gasteiger partial charge in [-0.15, -0.1) is 11.3 Å². The topological polar surface area (TPSA) is 111 Å². The molecule has 13 heteroatoms. The zero-order valence-electron chi connectivity index (χ0n) is 25.2. The molecule has 1 aromatic heterocycles. The molecule has 0 N–H and O–H groups in total. The predicted molar refractivity (Wildman–Crippen MR) is 167 cm³/mol. The van der Waals surface area contributed by atoms with E-state index in [9.17, 15) is 36.4 Å². The zero-order valence-corrected chi connectivity index (χ0v) is 26.8. The summed E-state index contributed by atoms with van der Waals surface area (Å²) in [5.74, 6) is -5.61. The molecule has 0 unspecified atom stereocenters. The summed E-state index contributed by atoms with van der Waals surface area (Å²) in [7, 11) is -3.34. The van der Waals surface area contributed by atoms with Crippen molar-refractivity contribution >= 4 is 33.1 Å². The van der Waals surface area contributed by atoms with Crippen LogP contribution in [0.15, 0.2) is 48.5 Å². The number of hydrogen-bond donors (Lipinski definition) is 0. The van der Waals surface area contributed by atoms with E-state index >= 15 is 0 Å². The molecular weight excluding hydrogens is 638 g/mol. The Kier molecular flexibility index (Phi) is 8.58. The number of thiazole rings is 1. The summed E-state index contributed by atoms with van der Waals surface area (Å²) < 4.78 is 68.3. The Morgan fingerprint density at radius 3 is 2.22 bits per heavy atom. The number of nitrogens with zero attached hydrogens (tertiary/aromatic N) is 4. The highest BCUT2D eigenvalue weighted by Gasteiger charge is 2.51. The summed E-state index contributed by atoms with van der Waals surface area (Å²) in [6, 6.07) is 14.9. The number of Topliss-reactive ketones (excluding diaryl/α,β-unsaturated/α-hetero) is 1. The zero-order chi connectivity index (χ0) is 32.9. The lowest BCUT2D eigenvalue weighted by atomic mass is 9.71. The monoisotopic (exact) mass is 670 g/mol. The van der Waals surface area contributed by atoms with E-state index in [0.29, 0.717) is 45.1 Å². The van der Waals surface area contributed by atoms with Crippen molar-refractivity contribution in [3.63, 3.8) is 0 Å². The smallest absolute Gasteiger partial charge is 0.253 e. The van der Waals surface area contributed by atoms with Gasteiger partial charge in [0, 0.05) is 68.4 Å². The molecule has 3 fully saturated rings. The molecule has 6 rings (SSSR count). The van der Waals surface area contributed by atoms with Crippen molar-refractivity contribution in [1.29, 1.82) is 5.26 Å². The Morgan fingerprint density at radius 1 is 1.00 bits per heavy atom. The third-order valence-corrected chi connectivity index (χ3v) is 11.8. The Hall–Kier alpha value is -3.60. The molecule has 2 heterocycles. The lowest BCUT2D eigenvalue weighted by molar-refractivity contribution is -0.132. The molecule has 242 valence electrons. The van der Waals surface area contributed by atoms with Gasteiger partial charge in [0.2, 0.25) is 15.9 Å². The van der Waals surface area contributed by atoms with Crippen LogP contribution in [0.3, 0.4) is 0 Å². The van der Waals surface area contributed by atoms with Gasteiger partial charge in [-0.1, -0.05) is 12.1 Å². The first-order valence-corrected chi connectivity index (χ1v) is 17.9. The molecule has 1 aliphatic heterocycles. The average molecular weight is 671 g/mol. The van der Waals surface area contributed by atoms with Crippen molar-refractivity contribution in [3.8, 4) is 27.1 Å². The van der Waals surface area contributed by atoms with Crippen molar-refractivity contribution in [3.05, 3.63) is 65.6 Å². The van der Waals surface area contributed by atoms with Gasteiger partial charge in [0.25, 0.3) is 5.91 Å². The molecule has 2 saturated carbocycles. The molecule has 3 aromatic rings. The second kappa shape index (κ2) is 12.2. The van der Waals surface area contributed by atoms with Crippen LogP contribution in [0.25, 0.3) is 21.0 Å². The fourth-order valence-corrected chi connectivity index (χ4v) is 8.39. The number of halogens is 3. The van der Waals surface area contributed by atoms with Crippen LogP contribution in [0.4, 0.5) is 13.2 Å². The number of ketones is 1. The number of sulfonamides is 1. The van der Waals surface area contributed by atoms with Gasteiger partial charge in [-0.3, -0.25) is 9.59 Å². The highest BCUT2D eigenvalue weighted by atomic mass is 32.2. The van der Waals surface area contributed by atoms with E-state index in [1.165, 1.54) is 27.8 Å². The van der Waals surface area contributed by atoms with Gasteiger partial charge >= 0.3 is 0 Å². The molecule has 1 amide bonds. The maximum Gasteiger partial charge on any atom is 0.253 e. The molecule has 2 atom stereocenters. The number of aromatic nitrogens is 1. The van der Waals surface area contributed by atoms with Crippen molar-refractivity contribution in [1.82, 2.24) is 14.2 Å². The van der Waals surface area contributed by atoms with Gasteiger partial charge in [-0.05, 0) is 61.2 Å². The minimum absolute atomic E-state index is 0.0403. The van der Waals surface area contributed by atoms with Gasteiger partial charge in [-0.25, -0.2) is 26.6 Å². The first-order chi connectivity index (χ1) is 21.8. The third-order valence-electron chi connectivity index (χ3n) is 9.33. The maximum absolute atomic E-state index is 14.8. The second-order valence-corrected chi connectivity index (χ2v) is 15.6. The number of benzene rings is 2. The lowest BCUT2D eigenvalue weighted by Gasteiger charge is -2.35. The number of carbonyl (C=O) groups is 2. The minimum atomic E-state index is -3.34. The molecule has 2 aliphatic carbocycles. The van der Waals surface area contributed by atoms with Crippen LogP contribution in [-0.2, 0) is 14.8 Å². The highest BCUT2D eigenvalue weighted by molar-refractivity contribution is 7.88. The van der Waals surface area contributed by atoms with Crippen LogP contribution >= 0.6 is 11.3 Å². The summed E-state index contributed by atoms with van der Waals surface area (Å²) in [6.45, 7) is 0.967. The summed E-state index contributed by atoms with van der Waals surface area (Å²) in [5, 5.41) is 10.1. The highest BCUT2D eigenvalue weighted by Crippen LogP contribution is 2.53. The first kappa shape index (κ1) is 32.3. The fraction of sp³-hybridized carbons (Fsp3) is 0.455. The van der Waals surface area contributed by atoms with Gasteiger partial charge in [-0.2, -0.15) is 9.57 Å². The minimum Gasteiger partial charge on any atom is -0.336 e. The van der Waals surface area contributed by atoms with Crippen LogP contribution in [0, 0.1) is 28.5 Å². The molecule has 2 aromatic carbocycles. The lowest BCUT2D eigenvalue weighted by Crippen LogP contribution is -2.50. The van der Waals surface area contributed by atoms with E-state index < -0.39 is 51.9 Å². The normalized spacial score (nSPS) is 22.6. The SMILES string of the molecule is CS(=O)(=O)N1CCN(C(=O)c2ccc(-c3sc(-c4ccc(F)cc4)nc3[C@@H]3CCC(F)(F)C[C@H]3C(=O)CC3(C#N)CC3)cc2)CC1. The molecule has 0 spiro atoms. The van der Waals surface area contributed by atoms with Crippen molar-refractivity contribution in [2.75, 3.05) is 32.4 Å². The van der Waals surface area contributed by atoms with Crippen LogP contribution in [0.5, 0.6) is 0 Å². The number of hydrogen-bond acceptors (Lipinski definition) is 7. The Bertz CT molecular complexity index is 1790. The number of amides is 1.